The Labute approximate surface area is 85.4 Å². The van der Waals surface area contributed by atoms with Gasteiger partial charge in [0.2, 0.25) is 5.91 Å². The maximum atomic E-state index is 11.8. The second kappa shape index (κ2) is 4.47. The number of hydrogen-bond acceptors (Lipinski definition) is 2. The summed E-state index contributed by atoms with van der Waals surface area (Å²) in [5.74, 6) is 2.61. The highest BCUT2D eigenvalue weighted by Crippen LogP contribution is 2.40. The minimum absolute atomic E-state index is 0.0523. The molecule has 1 aliphatic rings. The van der Waals surface area contributed by atoms with Crippen LogP contribution < -0.4 is 11.1 Å². The molecule has 1 aliphatic carbocycles. The van der Waals surface area contributed by atoms with E-state index in [-0.39, 0.29) is 17.4 Å². The average molecular weight is 194 g/mol. The van der Waals surface area contributed by atoms with Crippen LogP contribution in [0.5, 0.6) is 0 Å². The van der Waals surface area contributed by atoms with Crippen molar-refractivity contribution in [2.75, 3.05) is 6.54 Å². The van der Waals surface area contributed by atoms with Gasteiger partial charge in [-0.1, -0.05) is 6.42 Å². The summed E-state index contributed by atoms with van der Waals surface area (Å²) in [5.41, 5.74) is 5.33. The fraction of sp³-hybridized carbons (Fsp3) is 0.727. The Morgan fingerprint density at radius 1 is 1.71 bits per heavy atom. The van der Waals surface area contributed by atoms with E-state index in [0.29, 0.717) is 13.0 Å². The number of carbonyl (C=O) groups is 1. The van der Waals surface area contributed by atoms with E-state index in [9.17, 15) is 4.79 Å². The second-order valence-electron chi connectivity index (χ2n) is 4.12. The Balaban J connectivity index is 2.45. The molecule has 1 saturated carbocycles. The molecule has 0 radical (unpaired) electrons. The number of nitrogens with two attached hydrogens (primary N) is 1. The van der Waals surface area contributed by atoms with E-state index in [2.05, 4.69) is 11.2 Å². The second-order valence-corrected chi connectivity index (χ2v) is 4.12. The summed E-state index contributed by atoms with van der Waals surface area (Å²) in [7, 11) is 0. The number of carbonyl (C=O) groups excluding carboxylic acids is 1. The van der Waals surface area contributed by atoms with Crippen molar-refractivity contribution in [2.24, 2.45) is 11.1 Å². The molecule has 0 saturated heterocycles. The topological polar surface area (TPSA) is 55.1 Å². The number of hydrogen-bond donors (Lipinski definition) is 2. The van der Waals surface area contributed by atoms with Gasteiger partial charge in [0, 0.05) is 19.0 Å². The van der Waals surface area contributed by atoms with E-state index < -0.39 is 0 Å². The lowest BCUT2D eigenvalue weighted by Gasteiger charge is -2.39. The summed E-state index contributed by atoms with van der Waals surface area (Å²) in [6.45, 7) is 2.36. The highest BCUT2D eigenvalue weighted by Gasteiger charge is 2.42. The van der Waals surface area contributed by atoms with Crippen molar-refractivity contribution in [3.05, 3.63) is 0 Å². The molecule has 1 unspecified atom stereocenters. The number of amides is 1. The molecule has 0 spiro atoms. The normalized spacial score (nSPS) is 20.4. The highest BCUT2D eigenvalue weighted by atomic mass is 16.2. The summed E-state index contributed by atoms with van der Waals surface area (Å²) in [6, 6.07) is 0.0523. The molecule has 0 aromatic heterocycles. The van der Waals surface area contributed by atoms with Crippen molar-refractivity contribution in [3.8, 4) is 12.3 Å². The Morgan fingerprint density at radius 2 is 2.36 bits per heavy atom. The van der Waals surface area contributed by atoms with Gasteiger partial charge in [-0.2, -0.15) is 0 Å². The van der Waals surface area contributed by atoms with Gasteiger partial charge >= 0.3 is 0 Å². The lowest BCUT2D eigenvalue weighted by atomic mass is 9.68. The van der Waals surface area contributed by atoms with E-state index in [4.69, 9.17) is 12.2 Å². The van der Waals surface area contributed by atoms with Crippen molar-refractivity contribution in [1.29, 1.82) is 0 Å². The summed E-state index contributed by atoms with van der Waals surface area (Å²) in [5, 5.41) is 2.91. The van der Waals surface area contributed by atoms with Crippen LogP contribution in [0.4, 0.5) is 0 Å². The smallest absolute Gasteiger partial charge is 0.227 e. The molecular formula is C11H18N2O. The van der Waals surface area contributed by atoms with E-state index >= 15 is 0 Å². The minimum atomic E-state index is -0.289. The van der Waals surface area contributed by atoms with Crippen molar-refractivity contribution in [3.63, 3.8) is 0 Å². The fourth-order valence-corrected chi connectivity index (χ4v) is 1.73. The third-order valence-electron chi connectivity index (χ3n) is 2.98. The molecule has 0 aromatic rings. The Bertz CT molecular complexity index is 245. The molecule has 0 aliphatic heterocycles. The Kier molecular flexibility index (Phi) is 3.54. The summed E-state index contributed by atoms with van der Waals surface area (Å²) >= 11 is 0. The van der Waals surface area contributed by atoms with Crippen LogP contribution in [-0.4, -0.2) is 18.5 Å². The first-order valence-corrected chi connectivity index (χ1v) is 5.09. The predicted molar refractivity (Wildman–Crippen MR) is 56.4 cm³/mol. The first-order valence-electron chi connectivity index (χ1n) is 5.09. The molecule has 78 valence electrons. The maximum absolute atomic E-state index is 11.8. The van der Waals surface area contributed by atoms with Crippen LogP contribution in [0, 0.1) is 17.8 Å². The van der Waals surface area contributed by atoms with Crippen LogP contribution >= 0.6 is 0 Å². The van der Waals surface area contributed by atoms with E-state index in [1.165, 1.54) is 0 Å². The van der Waals surface area contributed by atoms with Crippen LogP contribution in [0.3, 0.4) is 0 Å². The first kappa shape index (κ1) is 11.1. The zero-order valence-electron chi connectivity index (χ0n) is 8.68. The standard InChI is InChI=1S/C11H18N2O/c1-3-5-9(2)13-10(14)11(8-12)6-4-7-11/h1,9H,4-8,12H2,2H3,(H,13,14). The molecule has 1 rings (SSSR count). The number of nitrogens with one attached hydrogen (secondary N) is 1. The van der Waals surface area contributed by atoms with Gasteiger partial charge in [0.25, 0.3) is 0 Å². The van der Waals surface area contributed by atoms with E-state index in [1.807, 2.05) is 6.92 Å². The molecule has 1 fully saturated rings. The third kappa shape index (κ3) is 2.08. The molecule has 0 aromatic carbocycles. The largest absolute Gasteiger partial charge is 0.352 e. The molecule has 0 heterocycles. The summed E-state index contributed by atoms with van der Waals surface area (Å²) in [4.78, 5) is 11.8. The molecule has 1 atom stereocenters. The summed E-state index contributed by atoms with van der Waals surface area (Å²) < 4.78 is 0. The van der Waals surface area contributed by atoms with Gasteiger partial charge in [-0.15, -0.1) is 12.3 Å². The van der Waals surface area contributed by atoms with Gasteiger partial charge in [0.05, 0.1) is 5.41 Å². The fourth-order valence-electron chi connectivity index (χ4n) is 1.73. The monoisotopic (exact) mass is 194 g/mol. The molecule has 3 N–H and O–H groups in total. The van der Waals surface area contributed by atoms with Gasteiger partial charge in [0.1, 0.15) is 0 Å². The molecule has 0 bridgehead atoms. The van der Waals surface area contributed by atoms with Gasteiger partial charge in [-0.3, -0.25) is 4.79 Å². The quantitative estimate of drug-likeness (QED) is 0.645. The van der Waals surface area contributed by atoms with Crippen molar-refractivity contribution < 1.29 is 4.79 Å². The molecular weight excluding hydrogens is 176 g/mol. The zero-order chi connectivity index (χ0) is 10.6. The zero-order valence-corrected chi connectivity index (χ0v) is 8.68. The van der Waals surface area contributed by atoms with Gasteiger partial charge < -0.3 is 11.1 Å². The summed E-state index contributed by atoms with van der Waals surface area (Å²) in [6.07, 6.45) is 8.68. The number of rotatable bonds is 4. The Hall–Kier alpha value is -1.01. The van der Waals surface area contributed by atoms with Gasteiger partial charge in [-0.05, 0) is 19.8 Å². The third-order valence-corrected chi connectivity index (χ3v) is 2.98. The van der Waals surface area contributed by atoms with Crippen LogP contribution in [0.25, 0.3) is 0 Å². The van der Waals surface area contributed by atoms with E-state index in [1.54, 1.807) is 0 Å². The minimum Gasteiger partial charge on any atom is -0.352 e. The van der Waals surface area contributed by atoms with Crippen molar-refractivity contribution in [2.45, 2.75) is 38.6 Å². The van der Waals surface area contributed by atoms with Gasteiger partial charge in [-0.25, -0.2) is 0 Å². The van der Waals surface area contributed by atoms with Crippen LogP contribution in [0.15, 0.2) is 0 Å². The molecule has 3 nitrogen and oxygen atoms in total. The van der Waals surface area contributed by atoms with Crippen LogP contribution in [-0.2, 0) is 4.79 Å². The Morgan fingerprint density at radius 3 is 2.71 bits per heavy atom. The van der Waals surface area contributed by atoms with Crippen molar-refractivity contribution in [1.82, 2.24) is 5.32 Å². The highest BCUT2D eigenvalue weighted by molar-refractivity contribution is 5.84. The first-order chi connectivity index (χ1) is 6.64. The molecule has 1 amide bonds. The average Bonchev–Trinajstić information content (AvgIpc) is 2.03. The SMILES string of the molecule is C#CCC(C)NC(=O)C1(CN)CCC1. The van der Waals surface area contributed by atoms with Crippen LogP contribution in [0.1, 0.15) is 32.6 Å². The lowest BCUT2D eigenvalue weighted by Crippen LogP contribution is -2.52. The van der Waals surface area contributed by atoms with Crippen molar-refractivity contribution >= 4 is 5.91 Å². The number of terminal acetylenes is 1. The lowest BCUT2D eigenvalue weighted by molar-refractivity contribution is -0.135. The molecule has 14 heavy (non-hydrogen) atoms. The van der Waals surface area contributed by atoms with E-state index in [0.717, 1.165) is 19.3 Å². The van der Waals surface area contributed by atoms with Gasteiger partial charge in [0.15, 0.2) is 0 Å². The predicted octanol–water partition coefficient (Wildman–Crippen LogP) is 0.643. The van der Waals surface area contributed by atoms with Crippen LogP contribution in [0.2, 0.25) is 0 Å². The maximum Gasteiger partial charge on any atom is 0.227 e. The molecule has 3 heteroatoms.